The molecule has 4 atom stereocenters. The fourth-order valence-electron chi connectivity index (χ4n) is 3.61. The van der Waals surface area contributed by atoms with Crippen molar-refractivity contribution < 1.29 is 24.3 Å². The molecule has 0 aliphatic heterocycles. The number of hydrogen-bond acceptors (Lipinski definition) is 9. The quantitative estimate of drug-likeness (QED) is 0.102. The number of imidazole rings is 2. The zero-order chi connectivity index (χ0) is 27.9. The van der Waals surface area contributed by atoms with E-state index < -0.39 is 47.9 Å². The van der Waals surface area contributed by atoms with Crippen molar-refractivity contribution in [3.8, 4) is 0 Å². The fraction of sp³-hybridized carbons (Fsp3) is 0.565. The van der Waals surface area contributed by atoms with Crippen molar-refractivity contribution >= 4 is 35.5 Å². The lowest BCUT2D eigenvalue weighted by atomic mass is 10.1. The lowest BCUT2D eigenvalue weighted by Crippen LogP contribution is -2.58. The molecule has 0 aromatic carbocycles. The smallest absolute Gasteiger partial charge is 0.326 e. The third kappa shape index (κ3) is 10.5. The van der Waals surface area contributed by atoms with Crippen molar-refractivity contribution in [2.75, 3.05) is 18.6 Å². The van der Waals surface area contributed by atoms with Gasteiger partial charge in [-0.3, -0.25) is 14.4 Å². The second kappa shape index (κ2) is 16.4. The molecule has 4 unspecified atom stereocenters. The molecule has 2 heterocycles. The molecule has 0 saturated heterocycles. The van der Waals surface area contributed by atoms with Crippen LogP contribution in [0.2, 0.25) is 0 Å². The molecule has 2 aromatic heterocycles. The van der Waals surface area contributed by atoms with Gasteiger partial charge in [-0.2, -0.15) is 11.8 Å². The van der Waals surface area contributed by atoms with Gasteiger partial charge in [-0.1, -0.05) is 6.42 Å². The Bertz CT molecular complexity index is 1000. The van der Waals surface area contributed by atoms with Gasteiger partial charge in [0.1, 0.15) is 18.1 Å². The van der Waals surface area contributed by atoms with E-state index in [-0.39, 0.29) is 19.3 Å². The first-order valence-electron chi connectivity index (χ1n) is 12.3. The highest BCUT2D eigenvalue weighted by Gasteiger charge is 2.31. The van der Waals surface area contributed by atoms with E-state index >= 15 is 0 Å². The Morgan fingerprint density at radius 1 is 0.895 bits per heavy atom. The van der Waals surface area contributed by atoms with E-state index in [1.54, 1.807) is 0 Å². The van der Waals surface area contributed by atoms with E-state index in [1.807, 2.05) is 6.26 Å². The number of carboxylic acids is 1. The van der Waals surface area contributed by atoms with Gasteiger partial charge in [0, 0.05) is 36.6 Å². The second-order valence-electron chi connectivity index (χ2n) is 8.76. The largest absolute Gasteiger partial charge is 0.480 e. The number of nitrogens with one attached hydrogen (secondary N) is 5. The number of aliphatic carboxylic acids is 1. The Morgan fingerprint density at radius 2 is 1.42 bits per heavy atom. The van der Waals surface area contributed by atoms with Crippen LogP contribution in [0.5, 0.6) is 0 Å². The number of carbonyl (C=O) groups is 4. The summed E-state index contributed by atoms with van der Waals surface area (Å²) in [5.74, 6) is -2.48. The Morgan fingerprint density at radius 3 is 1.87 bits per heavy atom. The average molecular weight is 552 g/mol. The molecule has 0 bridgehead atoms. The van der Waals surface area contributed by atoms with E-state index in [2.05, 4.69) is 35.9 Å². The molecule has 0 radical (unpaired) electrons. The highest BCUT2D eigenvalue weighted by molar-refractivity contribution is 7.98. The summed E-state index contributed by atoms with van der Waals surface area (Å²) in [7, 11) is 0. The van der Waals surface area contributed by atoms with Gasteiger partial charge in [0.2, 0.25) is 17.7 Å². The summed E-state index contributed by atoms with van der Waals surface area (Å²) in [6.45, 7) is 0.485. The van der Waals surface area contributed by atoms with Gasteiger partial charge in [-0.25, -0.2) is 14.8 Å². The fourth-order valence-corrected chi connectivity index (χ4v) is 4.08. The van der Waals surface area contributed by atoms with Crippen LogP contribution in [0.25, 0.3) is 0 Å². The van der Waals surface area contributed by atoms with Gasteiger partial charge in [0.15, 0.2) is 0 Å². The Labute approximate surface area is 224 Å². The Kier molecular flexibility index (Phi) is 13.3. The summed E-state index contributed by atoms with van der Waals surface area (Å²) in [5, 5.41) is 17.4. The first-order valence-corrected chi connectivity index (χ1v) is 13.7. The molecule has 2 aromatic rings. The Balaban J connectivity index is 2.19. The van der Waals surface area contributed by atoms with Gasteiger partial charge < -0.3 is 42.5 Å². The number of nitrogens with two attached hydrogens (primary N) is 2. The first-order chi connectivity index (χ1) is 18.2. The average Bonchev–Trinajstić information content (AvgIpc) is 3.60. The molecule has 14 nitrogen and oxygen atoms in total. The molecule has 0 fully saturated rings. The molecule has 0 aliphatic rings. The maximum absolute atomic E-state index is 13.4. The third-order valence-corrected chi connectivity index (χ3v) is 6.40. The van der Waals surface area contributed by atoms with Crippen LogP contribution in [0.15, 0.2) is 25.0 Å². The number of amides is 3. The van der Waals surface area contributed by atoms with E-state index in [9.17, 15) is 24.3 Å². The maximum Gasteiger partial charge on any atom is 0.326 e. The number of aromatic amines is 2. The number of carbonyl (C=O) groups excluding carboxylic acids is 3. The van der Waals surface area contributed by atoms with Crippen molar-refractivity contribution in [2.45, 2.75) is 62.7 Å². The molecular weight excluding hydrogens is 514 g/mol. The topological polar surface area (TPSA) is 234 Å². The number of carboxylic acid groups (broad SMARTS) is 1. The summed E-state index contributed by atoms with van der Waals surface area (Å²) >= 11 is 1.45. The summed E-state index contributed by atoms with van der Waals surface area (Å²) < 4.78 is 0. The summed E-state index contributed by atoms with van der Waals surface area (Å²) in [6.07, 6.45) is 9.82. The number of unbranched alkanes of at least 4 members (excludes halogenated alkanes) is 1. The SMILES string of the molecule is CSCCC(NC(=O)C(Cc1cnc[nH]1)NC(=O)C(Cc1cnc[nH]1)NC(=O)C(N)CCCCN)C(=O)O. The van der Waals surface area contributed by atoms with Crippen LogP contribution in [0.1, 0.15) is 37.1 Å². The monoisotopic (exact) mass is 551 g/mol. The summed E-state index contributed by atoms with van der Waals surface area (Å²) in [5.41, 5.74) is 12.6. The summed E-state index contributed by atoms with van der Waals surface area (Å²) in [6, 6.07) is -4.18. The molecule has 15 heteroatoms. The van der Waals surface area contributed by atoms with Crippen LogP contribution >= 0.6 is 11.8 Å². The van der Waals surface area contributed by atoms with Crippen LogP contribution < -0.4 is 27.4 Å². The normalized spacial score (nSPS) is 14.2. The minimum Gasteiger partial charge on any atom is -0.480 e. The van der Waals surface area contributed by atoms with Crippen LogP contribution in [-0.2, 0) is 32.0 Å². The van der Waals surface area contributed by atoms with E-state index in [4.69, 9.17) is 11.5 Å². The highest BCUT2D eigenvalue weighted by atomic mass is 32.2. The zero-order valence-corrected chi connectivity index (χ0v) is 22.1. The lowest BCUT2D eigenvalue weighted by Gasteiger charge is -2.25. The molecule has 0 aliphatic carbocycles. The minimum atomic E-state index is -1.17. The third-order valence-electron chi connectivity index (χ3n) is 5.75. The molecular formula is C23H37N9O5S. The standard InChI is InChI=1S/C23H37N9O5S/c1-38-7-5-17(23(36)37)30-21(34)19(9-15-11-27-13-29-15)32-22(35)18(8-14-10-26-12-28-14)31-20(33)16(25)4-2-3-6-24/h10-13,16-19H,2-9,24-25H2,1H3,(H,26,28)(H,27,29)(H,30,34)(H,31,33)(H,32,35)(H,36,37). The number of nitrogens with zero attached hydrogens (tertiary/aromatic N) is 2. The van der Waals surface area contributed by atoms with Crippen molar-refractivity contribution in [2.24, 2.45) is 11.5 Å². The Hall–Kier alpha value is -3.43. The van der Waals surface area contributed by atoms with Crippen LogP contribution in [-0.4, -0.2) is 91.5 Å². The second-order valence-corrected chi connectivity index (χ2v) is 9.74. The number of H-pyrrole nitrogens is 2. The van der Waals surface area contributed by atoms with Gasteiger partial charge in [0.05, 0.1) is 18.7 Å². The predicted molar refractivity (Wildman–Crippen MR) is 142 cm³/mol. The van der Waals surface area contributed by atoms with Gasteiger partial charge >= 0.3 is 5.97 Å². The van der Waals surface area contributed by atoms with Crippen molar-refractivity contribution in [1.29, 1.82) is 0 Å². The number of thioether (sulfide) groups is 1. The van der Waals surface area contributed by atoms with Crippen LogP contribution in [0.3, 0.4) is 0 Å². The van der Waals surface area contributed by atoms with Gasteiger partial charge in [-0.15, -0.1) is 0 Å². The van der Waals surface area contributed by atoms with E-state index in [1.165, 1.54) is 36.8 Å². The molecule has 2 rings (SSSR count). The first kappa shape index (κ1) is 30.8. The van der Waals surface area contributed by atoms with Gasteiger partial charge in [0.25, 0.3) is 0 Å². The van der Waals surface area contributed by atoms with Crippen molar-refractivity contribution in [3.63, 3.8) is 0 Å². The predicted octanol–water partition coefficient (Wildman–Crippen LogP) is -1.33. The molecule has 0 spiro atoms. The number of rotatable bonds is 18. The van der Waals surface area contributed by atoms with Crippen molar-refractivity contribution in [1.82, 2.24) is 35.9 Å². The maximum atomic E-state index is 13.4. The zero-order valence-electron chi connectivity index (χ0n) is 21.3. The van der Waals surface area contributed by atoms with Crippen LogP contribution in [0, 0.1) is 0 Å². The number of hydrogen-bond donors (Lipinski definition) is 8. The van der Waals surface area contributed by atoms with E-state index in [0.717, 1.165) is 6.42 Å². The van der Waals surface area contributed by atoms with Gasteiger partial charge in [-0.05, 0) is 37.8 Å². The molecule has 0 saturated carbocycles. The summed E-state index contributed by atoms with van der Waals surface area (Å²) in [4.78, 5) is 64.6. The molecule has 3 amide bonds. The minimum absolute atomic E-state index is 0.0236. The lowest BCUT2D eigenvalue weighted by molar-refractivity contribution is -0.142. The van der Waals surface area contributed by atoms with Crippen LogP contribution in [0.4, 0.5) is 0 Å². The molecule has 10 N–H and O–H groups in total. The highest BCUT2D eigenvalue weighted by Crippen LogP contribution is 2.07. The number of aromatic nitrogens is 4. The van der Waals surface area contributed by atoms with Crippen molar-refractivity contribution in [3.05, 3.63) is 36.4 Å². The van der Waals surface area contributed by atoms with E-state index in [0.29, 0.717) is 36.5 Å². The molecule has 38 heavy (non-hydrogen) atoms. The molecule has 210 valence electrons.